The van der Waals surface area contributed by atoms with Gasteiger partial charge in [-0.25, -0.2) is 4.98 Å². The predicted octanol–water partition coefficient (Wildman–Crippen LogP) is 4.52. The molecule has 32 heavy (non-hydrogen) atoms. The van der Waals surface area contributed by atoms with Crippen LogP contribution in [-0.4, -0.2) is 45.4 Å². The number of hydrogen-bond acceptors (Lipinski definition) is 5. The number of ether oxygens (including phenoxy) is 1. The van der Waals surface area contributed by atoms with Gasteiger partial charge in [-0.05, 0) is 45.4 Å². The number of hydrogen-bond donors (Lipinski definition) is 0. The third-order valence-electron chi connectivity index (χ3n) is 5.24. The Morgan fingerprint density at radius 1 is 1.12 bits per heavy atom. The van der Waals surface area contributed by atoms with Crippen molar-refractivity contribution in [2.75, 3.05) is 19.5 Å². The van der Waals surface area contributed by atoms with E-state index in [-0.39, 0.29) is 28.8 Å². The fraction of sp³-hybridized carbons (Fsp3) is 0.400. The highest BCUT2D eigenvalue weighted by atomic mass is 32.2. The SMILES string of the molecule is COCC(C)n1c(SCC(=O)N(Cc2ccccc2)C(C)(C)C)nc2ccccc2c1=O. The lowest BCUT2D eigenvalue weighted by Gasteiger charge is -2.36. The number of methoxy groups -OCH3 is 1. The molecule has 7 heteroatoms. The number of amides is 1. The van der Waals surface area contributed by atoms with Crippen molar-refractivity contribution in [1.29, 1.82) is 0 Å². The Hall–Kier alpha value is -2.64. The van der Waals surface area contributed by atoms with Crippen LogP contribution >= 0.6 is 11.8 Å². The summed E-state index contributed by atoms with van der Waals surface area (Å²) >= 11 is 1.30. The van der Waals surface area contributed by atoms with E-state index < -0.39 is 0 Å². The summed E-state index contributed by atoms with van der Waals surface area (Å²) in [4.78, 5) is 33.1. The minimum atomic E-state index is -0.340. The molecule has 1 atom stereocenters. The first kappa shape index (κ1) is 24.0. The maximum Gasteiger partial charge on any atom is 0.262 e. The van der Waals surface area contributed by atoms with Crippen LogP contribution in [-0.2, 0) is 16.1 Å². The van der Waals surface area contributed by atoms with Gasteiger partial charge in [0.15, 0.2) is 5.16 Å². The van der Waals surface area contributed by atoms with E-state index in [1.165, 1.54) is 11.8 Å². The first-order chi connectivity index (χ1) is 15.2. The fourth-order valence-corrected chi connectivity index (χ4v) is 4.57. The minimum Gasteiger partial charge on any atom is -0.383 e. The summed E-state index contributed by atoms with van der Waals surface area (Å²) in [5, 5.41) is 1.09. The van der Waals surface area contributed by atoms with Crippen molar-refractivity contribution < 1.29 is 9.53 Å². The summed E-state index contributed by atoms with van der Waals surface area (Å²) in [6.07, 6.45) is 0. The summed E-state index contributed by atoms with van der Waals surface area (Å²) < 4.78 is 6.92. The minimum absolute atomic E-state index is 0.000273. The van der Waals surface area contributed by atoms with Gasteiger partial charge >= 0.3 is 0 Å². The largest absolute Gasteiger partial charge is 0.383 e. The van der Waals surface area contributed by atoms with Crippen LogP contribution in [0.15, 0.2) is 64.5 Å². The molecule has 6 nitrogen and oxygen atoms in total. The van der Waals surface area contributed by atoms with Crippen LogP contribution in [0.1, 0.15) is 39.3 Å². The lowest BCUT2D eigenvalue weighted by atomic mass is 10.0. The maximum absolute atomic E-state index is 13.3. The Balaban J connectivity index is 1.90. The number of aromatic nitrogens is 2. The number of nitrogens with zero attached hydrogens (tertiary/aromatic N) is 3. The van der Waals surface area contributed by atoms with Gasteiger partial charge in [0.1, 0.15) is 0 Å². The third kappa shape index (κ3) is 5.58. The highest BCUT2D eigenvalue weighted by Crippen LogP contribution is 2.24. The molecular weight excluding hydrogens is 422 g/mol. The van der Waals surface area contributed by atoms with E-state index >= 15 is 0 Å². The molecule has 0 aliphatic heterocycles. The van der Waals surface area contributed by atoms with Crippen molar-refractivity contribution in [3.05, 3.63) is 70.5 Å². The lowest BCUT2D eigenvalue weighted by molar-refractivity contribution is -0.133. The van der Waals surface area contributed by atoms with E-state index in [1.54, 1.807) is 17.7 Å². The number of para-hydroxylation sites is 1. The molecule has 0 fully saturated rings. The second-order valence-electron chi connectivity index (χ2n) is 8.82. The zero-order valence-electron chi connectivity index (χ0n) is 19.4. The normalized spacial score (nSPS) is 12.7. The summed E-state index contributed by atoms with van der Waals surface area (Å²) in [6, 6.07) is 17.1. The molecule has 1 heterocycles. The Bertz CT molecular complexity index is 1120. The number of carbonyl (C=O) groups excluding carboxylic acids is 1. The van der Waals surface area contributed by atoms with Crippen LogP contribution in [0.2, 0.25) is 0 Å². The highest BCUT2D eigenvalue weighted by molar-refractivity contribution is 7.99. The first-order valence-electron chi connectivity index (χ1n) is 10.7. The van der Waals surface area contributed by atoms with E-state index in [0.29, 0.717) is 29.2 Å². The van der Waals surface area contributed by atoms with E-state index in [1.807, 2.05) is 81.1 Å². The molecule has 0 aliphatic carbocycles. The molecule has 3 aromatic rings. The van der Waals surface area contributed by atoms with Crippen molar-refractivity contribution in [3.8, 4) is 0 Å². The van der Waals surface area contributed by atoms with Gasteiger partial charge in [0.25, 0.3) is 5.56 Å². The van der Waals surface area contributed by atoms with Crippen molar-refractivity contribution >= 4 is 28.6 Å². The molecular formula is C25H31N3O3S. The number of carbonyl (C=O) groups is 1. The topological polar surface area (TPSA) is 64.4 Å². The highest BCUT2D eigenvalue weighted by Gasteiger charge is 2.27. The Morgan fingerprint density at radius 2 is 1.78 bits per heavy atom. The van der Waals surface area contributed by atoms with E-state index in [4.69, 9.17) is 9.72 Å². The van der Waals surface area contributed by atoms with Gasteiger partial charge in [-0.1, -0.05) is 54.2 Å². The zero-order chi connectivity index (χ0) is 23.3. The smallest absolute Gasteiger partial charge is 0.262 e. The number of benzene rings is 2. The molecule has 0 bridgehead atoms. The van der Waals surface area contributed by atoms with Gasteiger partial charge in [-0.2, -0.15) is 0 Å². The van der Waals surface area contributed by atoms with Crippen LogP contribution < -0.4 is 5.56 Å². The van der Waals surface area contributed by atoms with Gasteiger partial charge in [0.05, 0.1) is 29.3 Å². The van der Waals surface area contributed by atoms with E-state index in [2.05, 4.69) is 0 Å². The first-order valence-corrected chi connectivity index (χ1v) is 11.7. The molecule has 3 rings (SSSR count). The standard InChI is InChI=1S/C25H31N3O3S/c1-18(16-31-5)28-23(30)20-13-9-10-14-21(20)26-24(28)32-17-22(29)27(25(2,3)4)15-19-11-7-6-8-12-19/h6-14,18H,15-17H2,1-5H3. The third-order valence-corrected chi connectivity index (χ3v) is 6.18. The average molecular weight is 454 g/mol. The number of thioether (sulfide) groups is 1. The van der Waals surface area contributed by atoms with Crippen molar-refractivity contribution in [3.63, 3.8) is 0 Å². The van der Waals surface area contributed by atoms with Crippen LogP contribution in [0.5, 0.6) is 0 Å². The summed E-state index contributed by atoms with van der Waals surface area (Å²) in [5.41, 5.74) is 1.25. The summed E-state index contributed by atoms with van der Waals surface area (Å²) in [7, 11) is 1.61. The van der Waals surface area contributed by atoms with Crippen molar-refractivity contribution in [2.45, 2.75) is 51.0 Å². The molecule has 0 saturated heterocycles. The summed E-state index contributed by atoms with van der Waals surface area (Å²) in [6.45, 7) is 8.92. The van der Waals surface area contributed by atoms with Crippen molar-refractivity contribution in [1.82, 2.24) is 14.5 Å². The molecule has 170 valence electrons. The number of fused-ring (bicyclic) bond motifs is 1. The van der Waals surface area contributed by atoms with Crippen molar-refractivity contribution in [2.24, 2.45) is 0 Å². The molecule has 2 aromatic carbocycles. The zero-order valence-corrected chi connectivity index (χ0v) is 20.2. The van der Waals surface area contributed by atoms with Gasteiger partial charge in [0.2, 0.25) is 5.91 Å². The lowest BCUT2D eigenvalue weighted by Crippen LogP contribution is -2.46. The fourth-order valence-electron chi connectivity index (χ4n) is 3.60. The second-order valence-corrected chi connectivity index (χ2v) is 9.76. The molecule has 0 aliphatic rings. The van der Waals surface area contributed by atoms with E-state index in [9.17, 15) is 9.59 Å². The quantitative estimate of drug-likeness (QED) is 0.371. The summed E-state index contributed by atoms with van der Waals surface area (Å²) in [5.74, 6) is 0.189. The van der Waals surface area contributed by atoms with Gasteiger partial charge in [0, 0.05) is 19.2 Å². The molecule has 1 aromatic heterocycles. The predicted molar refractivity (Wildman–Crippen MR) is 130 cm³/mol. The molecule has 0 spiro atoms. The molecule has 0 N–H and O–H groups in total. The second kappa shape index (κ2) is 10.3. The van der Waals surface area contributed by atoms with Crippen LogP contribution in [0, 0.1) is 0 Å². The Labute approximate surface area is 193 Å². The average Bonchev–Trinajstić information content (AvgIpc) is 2.76. The maximum atomic E-state index is 13.3. The van der Waals surface area contributed by atoms with Crippen LogP contribution in [0.4, 0.5) is 0 Å². The molecule has 0 saturated carbocycles. The van der Waals surface area contributed by atoms with Gasteiger partial charge in [-0.15, -0.1) is 0 Å². The Morgan fingerprint density at radius 3 is 2.44 bits per heavy atom. The van der Waals surface area contributed by atoms with Crippen LogP contribution in [0.3, 0.4) is 0 Å². The van der Waals surface area contributed by atoms with Crippen LogP contribution in [0.25, 0.3) is 10.9 Å². The molecule has 1 amide bonds. The van der Waals surface area contributed by atoms with Gasteiger partial charge < -0.3 is 9.64 Å². The monoisotopic (exact) mass is 453 g/mol. The number of rotatable bonds is 8. The molecule has 1 unspecified atom stereocenters. The van der Waals surface area contributed by atoms with E-state index in [0.717, 1.165) is 5.56 Å². The molecule has 0 radical (unpaired) electrons. The Kier molecular flexibility index (Phi) is 7.74. The van der Waals surface area contributed by atoms with Gasteiger partial charge in [-0.3, -0.25) is 14.2 Å².